The molecule has 35 heavy (non-hydrogen) atoms. The van der Waals surface area contributed by atoms with Gasteiger partial charge in [0.1, 0.15) is 24.6 Å². The van der Waals surface area contributed by atoms with Crippen LogP contribution in [0, 0.1) is 17.8 Å². The van der Waals surface area contributed by atoms with Crippen LogP contribution in [0.5, 0.6) is 0 Å². The molecule has 0 spiro atoms. The second-order valence-corrected chi connectivity index (χ2v) is 9.97. The number of alkyl carbamates (subject to hydrolysis) is 1. The second kappa shape index (κ2) is 9.52. The fraction of sp³-hybridized carbons (Fsp3) is 0.407. The molecule has 0 aliphatic heterocycles. The number of amides is 1. The first-order chi connectivity index (χ1) is 16.6. The summed E-state index contributed by atoms with van der Waals surface area (Å²) in [5.41, 5.74) is -0.962. The van der Waals surface area contributed by atoms with Gasteiger partial charge in [0.15, 0.2) is 5.54 Å². The number of hydrogen-bond acceptors (Lipinski definition) is 7. The van der Waals surface area contributed by atoms with Gasteiger partial charge in [-0.15, -0.1) is 0 Å². The summed E-state index contributed by atoms with van der Waals surface area (Å²) in [4.78, 5) is 51.8. The van der Waals surface area contributed by atoms with Gasteiger partial charge in [0, 0.05) is 18.3 Å². The van der Waals surface area contributed by atoms with Gasteiger partial charge in [-0.3, -0.25) is 9.59 Å². The van der Waals surface area contributed by atoms with Crippen molar-refractivity contribution in [2.45, 2.75) is 51.5 Å². The Bertz CT molecular complexity index is 1110. The van der Waals surface area contributed by atoms with Crippen molar-refractivity contribution in [3.05, 3.63) is 71.8 Å². The Labute approximate surface area is 203 Å². The van der Waals surface area contributed by atoms with Crippen LogP contribution in [0.25, 0.3) is 0 Å². The summed E-state index contributed by atoms with van der Waals surface area (Å²) in [7, 11) is 0. The lowest BCUT2D eigenvalue weighted by Crippen LogP contribution is -2.58. The fourth-order valence-electron chi connectivity index (χ4n) is 4.68. The van der Waals surface area contributed by atoms with E-state index in [2.05, 4.69) is 5.32 Å². The predicted molar refractivity (Wildman–Crippen MR) is 125 cm³/mol. The van der Waals surface area contributed by atoms with E-state index in [0.717, 1.165) is 11.1 Å². The van der Waals surface area contributed by atoms with Crippen LogP contribution in [0.2, 0.25) is 0 Å². The van der Waals surface area contributed by atoms with Gasteiger partial charge in [-0.2, -0.15) is 0 Å². The van der Waals surface area contributed by atoms with Crippen molar-refractivity contribution in [1.29, 1.82) is 0 Å². The minimum absolute atomic E-state index is 0.0356. The Hall–Kier alpha value is -3.68. The maximum Gasteiger partial charge on any atom is 0.408 e. The monoisotopic (exact) mass is 479 g/mol. The van der Waals surface area contributed by atoms with Crippen molar-refractivity contribution < 1.29 is 33.4 Å². The van der Waals surface area contributed by atoms with E-state index in [9.17, 15) is 19.2 Å². The maximum absolute atomic E-state index is 13.4. The molecule has 2 aromatic carbocycles. The minimum atomic E-state index is -1.70. The SMILES string of the molecule is CC(C)(C)OC(=O)N[C@@]1(C(=O)OCc2ccccc2)CC(=O)[C@H]2[C@H](C(=O)OCc3ccccc3)[C@H]21. The third kappa shape index (κ3) is 5.37. The zero-order valence-electron chi connectivity index (χ0n) is 20.0. The lowest BCUT2D eigenvalue weighted by Gasteiger charge is -2.31. The van der Waals surface area contributed by atoms with Gasteiger partial charge in [0.25, 0.3) is 0 Å². The zero-order valence-corrected chi connectivity index (χ0v) is 20.0. The van der Waals surface area contributed by atoms with Gasteiger partial charge in [0.2, 0.25) is 0 Å². The van der Waals surface area contributed by atoms with Gasteiger partial charge in [-0.25, -0.2) is 9.59 Å². The standard InChI is InChI=1S/C27H29NO7/c1-26(2,3)35-25(32)28-27(24(31)34-16-18-12-8-5-9-13-18)14-19(29)20-21(22(20)27)23(30)33-15-17-10-6-4-7-11-17/h4-13,20-22H,14-16H2,1-3H3,(H,28,32)/t20-,21-,22-,27-/m0/s1. The largest absolute Gasteiger partial charge is 0.461 e. The number of carbonyl (C=O) groups excluding carboxylic acids is 4. The molecule has 2 fully saturated rings. The van der Waals surface area contributed by atoms with Crippen LogP contribution < -0.4 is 5.32 Å². The molecule has 1 amide bonds. The topological polar surface area (TPSA) is 108 Å². The first-order valence-electron chi connectivity index (χ1n) is 11.6. The molecule has 2 aliphatic carbocycles. The van der Waals surface area contributed by atoms with E-state index in [4.69, 9.17) is 14.2 Å². The summed E-state index contributed by atoms with van der Waals surface area (Å²) in [6.07, 6.45) is -1.12. The van der Waals surface area contributed by atoms with Crippen LogP contribution >= 0.6 is 0 Å². The molecule has 8 heteroatoms. The van der Waals surface area contributed by atoms with Gasteiger partial charge in [-0.05, 0) is 31.9 Å². The summed E-state index contributed by atoms with van der Waals surface area (Å²) in [5.74, 6) is -3.94. The summed E-state index contributed by atoms with van der Waals surface area (Å²) in [6.45, 7) is 5.09. The number of hydrogen-bond donors (Lipinski definition) is 1. The highest BCUT2D eigenvalue weighted by molar-refractivity contribution is 6.04. The molecular formula is C27H29NO7. The van der Waals surface area contributed by atoms with Gasteiger partial charge >= 0.3 is 18.0 Å². The highest BCUT2D eigenvalue weighted by atomic mass is 16.6. The first kappa shape index (κ1) is 24.4. The third-order valence-electron chi connectivity index (χ3n) is 6.21. The quantitative estimate of drug-likeness (QED) is 0.478. The molecule has 184 valence electrons. The number of rotatable bonds is 7. The van der Waals surface area contributed by atoms with Crippen LogP contribution in [0.1, 0.15) is 38.3 Å². The molecule has 0 aromatic heterocycles. The van der Waals surface area contributed by atoms with Crippen LogP contribution in [-0.2, 0) is 41.8 Å². The van der Waals surface area contributed by atoms with Crippen molar-refractivity contribution in [3.8, 4) is 0 Å². The van der Waals surface area contributed by atoms with Crippen LogP contribution in [0.15, 0.2) is 60.7 Å². The average Bonchev–Trinajstić information content (AvgIpc) is 3.51. The molecule has 0 bridgehead atoms. The Morgan fingerprint density at radius 3 is 2.00 bits per heavy atom. The van der Waals surface area contributed by atoms with E-state index in [1.54, 1.807) is 32.9 Å². The van der Waals surface area contributed by atoms with Crippen molar-refractivity contribution >= 4 is 23.8 Å². The number of nitrogens with one attached hydrogen (secondary N) is 1. The number of ether oxygens (including phenoxy) is 3. The lowest BCUT2D eigenvalue weighted by atomic mass is 9.90. The van der Waals surface area contributed by atoms with Crippen molar-refractivity contribution in [2.75, 3.05) is 0 Å². The lowest BCUT2D eigenvalue weighted by molar-refractivity contribution is -0.156. The van der Waals surface area contributed by atoms with Crippen LogP contribution in [-0.4, -0.2) is 35.0 Å². The smallest absolute Gasteiger partial charge is 0.408 e. The number of carbonyl (C=O) groups is 4. The summed E-state index contributed by atoms with van der Waals surface area (Å²) >= 11 is 0. The Balaban J connectivity index is 1.52. The second-order valence-electron chi connectivity index (χ2n) is 9.97. The highest BCUT2D eigenvalue weighted by Crippen LogP contribution is 2.61. The van der Waals surface area contributed by atoms with Crippen molar-refractivity contribution in [3.63, 3.8) is 0 Å². The van der Waals surface area contributed by atoms with E-state index in [1.807, 2.05) is 48.5 Å². The molecule has 4 atom stereocenters. The molecular weight excluding hydrogens is 450 g/mol. The van der Waals surface area contributed by atoms with Crippen LogP contribution in [0.4, 0.5) is 4.79 Å². The molecule has 0 unspecified atom stereocenters. The molecule has 0 saturated heterocycles. The number of ketones is 1. The Morgan fingerprint density at radius 1 is 0.914 bits per heavy atom. The summed E-state index contributed by atoms with van der Waals surface area (Å²) < 4.78 is 16.3. The normalized spacial score (nSPS) is 24.8. The molecule has 0 radical (unpaired) electrons. The van der Waals surface area contributed by atoms with Gasteiger partial charge in [0.05, 0.1) is 5.92 Å². The maximum atomic E-state index is 13.4. The van der Waals surface area contributed by atoms with E-state index in [1.165, 1.54) is 0 Å². The minimum Gasteiger partial charge on any atom is -0.461 e. The van der Waals surface area contributed by atoms with E-state index < -0.39 is 46.9 Å². The Morgan fingerprint density at radius 2 is 1.46 bits per heavy atom. The highest BCUT2D eigenvalue weighted by Gasteiger charge is 2.76. The number of benzene rings is 2. The average molecular weight is 480 g/mol. The molecule has 0 heterocycles. The molecule has 2 aliphatic rings. The third-order valence-corrected chi connectivity index (χ3v) is 6.21. The number of fused-ring (bicyclic) bond motifs is 1. The van der Waals surface area contributed by atoms with Crippen molar-refractivity contribution in [2.24, 2.45) is 17.8 Å². The van der Waals surface area contributed by atoms with E-state index in [0.29, 0.717) is 0 Å². The zero-order chi connectivity index (χ0) is 25.2. The number of esters is 2. The molecule has 1 N–H and O–H groups in total. The van der Waals surface area contributed by atoms with Gasteiger partial charge < -0.3 is 19.5 Å². The van der Waals surface area contributed by atoms with Gasteiger partial charge in [-0.1, -0.05) is 60.7 Å². The Kier molecular flexibility index (Phi) is 6.65. The van der Waals surface area contributed by atoms with E-state index in [-0.39, 0.29) is 25.4 Å². The predicted octanol–water partition coefficient (Wildman–Crippen LogP) is 3.57. The molecule has 2 aromatic rings. The molecule has 2 saturated carbocycles. The summed E-state index contributed by atoms with van der Waals surface area (Å²) in [6, 6.07) is 18.2. The number of Topliss-reactive ketones (excluding diaryl/α,β-unsaturated/α-hetero) is 1. The van der Waals surface area contributed by atoms with E-state index >= 15 is 0 Å². The van der Waals surface area contributed by atoms with Crippen LogP contribution in [0.3, 0.4) is 0 Å². The fourth-order valence-corrected chi connectivity index (χ4v) is 4.68. The molecule has 4 rings (SSSR count). The first-order valence-corrected chi connectivity index (χ1v) is 11.6. The summed E-state index contributed by atoms with van der Waals surface area (Å²) in [5, 5.41) is 2.60. The van der Waals surface area contributed by atoms with Crippen molar-refractivity contribution in [1.82, 2.24) is 5.32 Å². The molecule has 8 nitrogen and oxygen atoms in total.